The van der Waals surface area contributed by atoms with Crippen LogP contribution in [0.1, 0.15) is 46.5 Å². The van der Waals surface area contributed by atoms with Gasteiger partial charge in [0.2, 0.25) is 34.5 Å². The summed E-state index contributed by atoms with van der Waals surface area (Å²) in [5, 5.41) is 9.64. The van der Waals surface area contributed by atoms with Crippen molar-refractivity contribution in [2.75, 3.05) is 25.8 Å². The van der Waals surface area contributed by atoms with Gasteiger partial charge in [0.25, 0.3) is 5.91 Å². The van der Waals surface area contributed by atoms with Gasteiger partial charge in [-0.1, -0.05) is 38.4 Å². The Labute approximate surface area is 344 Å². The first-order chi connectivity index (χ1) is 27.6. The molecule has 3 amide bonds. The summed E-state index contributed by atoms with van der Waals surface area (Å²) in [6.45, 7) is 9.66. The van der Waals surface area contributed by atoms with E-state index in [1.807, 2.05) is 44.4 Å². The second-order valence-corrected chi connectivity index (χ2v) is 19.3. The number of anilines is 1. The molecule has 2 aliphatic carbocycles. The fraction of sp³-hybridized carbons (Fsp3) is 0.425. The molecule has 306 valence electrons. The first kappa shape index (κ1) is 39.7. The number of benzene rings is 2. The Bertz CT molecular complexity index is 2430. The van der Waals surface area contributed by atoms with E-state index in [-0.39, 0.29) is 32.1 Å². The highest BCUT2D eigenvalue weighted by Crippen LogP contribution is 2.46. The average molecular weight is 851 g/mol. The van der Waals surface area contributed by atoms with Crippen LogP contribution in [0.3, 0.4) is 0 Å². The fourth-order valence-electron chi connectivity index (χ4n) is 7.44. The Hall–Kier alpha value is -5.13. The number of methoxy groups -OCH3 is 1. The normalized spacial score (nSPS) is 22.9. The summed E-state index contributed by atoms with van der Waals surface area (Å²) < 4.78 is 50.8. The van der Waals surface area contributed by atoms with Crippen molar-refractivity contribution in [1.82, 2.24) is 24.9 Å². The molecule has 1 saturated heterocycles. The molecule has 4 aromatic rings. The summed E-state index contributed by atoms with van der Waals surface area (Å²) in [6.07, 6.45) is 3.43. The number of nitrogens with zero attached hydrogens (tertiary/aromatic N) is 3. The minimum Gasteiger partial charge on any atom is -0.494 e. The van der Waals surface area contributed by atoms with E-state index in [1.165, 1.54) is 35.6 Å². The van der Waals surface area contributed by atoms with Gasteiger partial charge in [0.05, 0.1) is 30.8 Å². The van der Waals surface area contributed by atoms with E-state index in [4.69, 9.17) is 35.5 Å². The highest BCUT2D eigenvalue weighted by molar-refractivity contribution is 7.91. The molecule has 4 aliphatic rings. The molecule has 0 bridgehead atoms. The number of carbonyl (C=O) groups is 3. The van der Waals surface area contributed by atoms with E-state index >= 15 is 0 Å². The molecule has 5 atom stereocenters. The van der Waals surface area contributed by atoms with Gasteiger partial charge in [-0.3, -0.25) is 19.1 Å². The number of fused-ring (bicyclic) bond motifs is 2. The standard InChI is InChI=1S/C40H43ClN6O9S2/c1-6-22-16-40(22,37(50)46-58(51,52)25-9-10-25)45-34(48)29-15-24(56-35-27-14-23(41)8-11-26(27)32(53-5)17-42-35)18-47(29)36(49)33(39(2,3)4)44-38-43-28(19-57-38)21-7-12-30-31(13-21)55-20-54-30/h6-8,11-14,17,19,22,24-25,29,33H,1,9-10,15-16,18,20H2,2-5H3,(H,43,44)(H,45,48)(H,46,50)/t22-,24-,29+,33-,40-/m1/s1. The third-order valence-corrected chi connectivity index (χ3v) is 13.8. The number of thiazole rings is 1. The summed E-state index contributed by atoms with van der Waals surface area (Å²) >= 11 is 7.71. The number of nitrogens with one attached hydrogen (secondary N) is 3. The van der Waals surface area contributed by atoms with Gasteiger partial charge in [-0.15, -0.1) is 17.9 Å². The Morgan fingerprint density at radius 1 is 1.12 bits per heavy atom. The lowest BCUT2D eigenvalue weighted by molar-refractivity contribution is -0.141. The van der Waals surface area contributed by atoms with Gasteiger partial charge in [-0.05, 0) is 61.1 Å². The van der Waals surface area contributed by atoms with Crippen LogP contribution in [-0.2, 0) is 24.4 Å². The van der Waals surface area contributed by atoms with Crippen LogP contribution in [0.15, 0.2) is 60.6 Å². The third-order valence-electron chi connectivity index (χ3n) is 10.9. The van der Waals surface area contributed by atoms with E-state index in [0.29, 0.717) is 56.7 Å². The van der Waals surface area contributed by atoms with Crippen molar-refractivity contribution in [1.29, 1.82) is 0 Å². The lowest BCUT2D eigenvalue weighted by atomic mass is 9.85. The molecular weight excluding hydrogens is 808 g/mol. The Morgan fingerprint density at radius 3 is 2.60 bits per heavy atom. The molecular formula is C40H43ClN6O9S2. The van der Waals surface area contributed by atoms with Crippen LogP contribution in [0.25, 0.3) is 22.0 Å². The molecule has 3 fully saturated rings. The van der Waals surface area contributed by atoms with Crippen LogP contribution in [0.2, 0.25) is 5.02 Å². The molecule has 0 radical (unpaired) electrons. The number of likely N-dealkylation sites (tertiary alicyclic amines) is 1. The van der Waals surface area contributed by atoms with Crippen LogP contribution < -0.4 is 34.3 Å². The monoisotopic (exact) mass is 850 g/mol. The van der Waals surface area contributed by atoms with Gasteiger partial charge in [0, 0.05) is 39.1 Å². The van der Waals surface area contributed by atoms with Crippen molar-refractivity contribution >= 4 is 66.6 Å². The lowest BCUT2D eigenvalue weighted by Crippen LogP contribution is -2.58. The van der Waals surface area contributed by atoms with Crippen molar-refractivity contribution in [2.24, 2.45) is 11.3 Å². The van der Waals surface area contributed by atoms with Gasteiger partial charge >= 0.3 is 0 Å². The molecule has 3 N–H and O–H groups in total. The van der Waals surface area contributed by atoms with Crippen molar-refractivity contribution in [2.45, 2.75) is 75.4 Å². The zero-order valence-electron chi connectivity index (χ0n) is 32.2. The van der Waals surface area contributed by atoms with Crippen LogP contribution in [0.5, 0.6) is 23.1 Å². The quantitative estimate of drug-likeness (QED) is 0.148. The van der Waals surface area contributed by atoms with Crippen molar-refractivity contribution < 1.29 is 41.7 Å². The molecule has 2 saturated carbocycles. The number of sulfonamides is 1. The highest BCUT2D eigenvalue weighted by atomic mass is 35.5. The first-order valence-electron chi connectivity index (χ1n) is 18.8. The van der Waals surface area contributed by atoms with Gasteiger partial charge in [-0.2, -0.15) is 0 Å². The first-order valence-corrected chi connectivity index (χ1v) is 21.6. The molecule has 8 rings (SSSR count). The molecule has 2 aromatic carbocycles. The van der Waals surface area contributed by atoms with Gasteiger partial charge in [0.15, 0.2) is 16.6 Å². The Balaban J connectivity index is 1.09. The van der Waals surface area contributed by atoms with Gasteiger partial charge in [-0.25, -0.2) is 18.4 Å². The SMILES string of the molecule is C=C[C@@H]1C[C@]1(NC(=O)[C@@H]1C[C@@H](Oc2ncc(OC)c3ccc(Cl)cc23)CN1C(=O)[C@@H](Nc1nc(-c2ccc3c(c2)OCO3)cs1)C(C)(C)C)C(=O)NS(=O)(=O)C1CC1. The van der Waals surface area contributed by atoms with E-state index < -0.39 is 68.1 Å². The van der Waals surface area contributed by atoms with E-state index in [0.717, 1.165) is 5.56 Å². The molecule has 2 aromatic heterocycles. The minimum absolute atomic E-state index is 0.0125. The smallest absolute Gasteiger partial charge is 0.259 e. The number of carbonyl (C=O) groups excluding carboxylic acids is 3. The summed E-state index contributed by atoms with van der Waals surface area (Å²) in [5.74, 6) is -0.372. The molecule has 0 unspecified atom stereocenters. The number of aromatic nitrogens is 2. The Kier molecular flexibility index (Phi) is 10.2. The van der Waals surface area contributed by atoms with Crippen molar-refractivity contribution in [3.8, 4) is 34.4 Å². The van der Waals surface area contributed by atoms with E-state index in [9.17, 15) is 22.8 Å². The highest BCUT2D eigenvalue weighted by Gasteiger charge is 2.62. The summed E-state index contributed by atoms with van der Waals surface area (Å²) in [7, 11) is -2.37. The largest absolute Gasteiger partial charge is 0.494 e. The molecule has 4 heterocycles. The van der Waals surface area contributed by atoms with Gasteiger partial charge in [0.1, 0.15) is 29.5 Å². The van der Waals surface area contributed by atoms with Crippen molar-refractivity contribution in [3.63, 3.8) is 0 Å². The predicted molar refractivity (Wildman–Crippen MR) is 218 cm³/mol. The maximum absolute atomic E-state index is 14.9. The van der Waals surface area contributed by atoms with E-state index in [1.54, 1.807) is 18.2 Å². The van der Waals surface area contributed by atoms with Gasteiger partial charge < -0.3 is 34.5 Å². The molecule has 2 aliphatic heterocycles. The van der Waals surface area contributed by atoms with Crippen LogP contribution in [-0.4, -0.2) is 90.4 Å². The Morgan fingerprint density at radius 2 is 1.90 bits per heavy atom. The topological polar surface area (TPSA) is 187 Å². The number of pyridine rings is 1. The number of amides is 3. The second kappa shape index (κ2) is 14.9. The van der Waals surface area contributed by atoms with E-state index in [2.05, 4.69) is 26.9 Å². The zero-order valence-corrected chi connectivity index (χ0v) is 34.6. The third kappa shape index (κ3) is 7.62. The molecule has 58 heavy (non-hydrogen) atoms. The zero-order chi connectivity index (χ0) is 41.1. The summed E-state index contributed by atoms with van der Waals surface area (Å²) in [6, 6.07) is 8.78. The summed E-state index contributed by atoms with van der Waals surface area (Å²) in [4.78, 5) is 53.7. The maximum atomic E-state index is 14.9. The minimum atomic E-state index is -3.91. The van der Waals surface area contributed by atoms with Crippen LogP contribution in [0.4, 0.5) is 5.13 Å². The van der Waals surface area contributed by atoms with Crippen LogP contribution in [0, 0.1) is 11.3 Å². The van der Waals surface area contributed by atoms with Crippen LogP contribution >= 0.6 is 22.9 Å². The molecule has 15 nitrogen and oxygen atoms in total. The summed E-state index contributed by atoms with van der Waals surface area (Å²) in [5.41, 5.74) is -0.752. The number of ether oxygens (including phenoxy) is 4. The molecule has 18 heteroatoms. The number of hydrogen-bond donors (Lipinski definition) is 3. The molecule has 0 spiro atoms. The maximum Gasteiger partial charge on any atom is 0.259 e. The predicted octanol–water partition coefficient (Wildman–Crippen LogP) is 5.29. The average Bonchev–Trinajstić information content (AvgIpc) is 3.98. The number of hydrogen-bond acceptors (Lipinski definition) is 13. The number of halogens is 1. The fourth-order valence-corrected chi connectivity index (χ4v) is 9.72. The second-order valence-electron chi connectivity index (χ2n) is 16.0. The lowest BCUT2D eigenvalue weighted by Gasteiger charge is -2.35. The van der Waals surface area contributed by atoms with Crippen molar-refractivity contribution in [3.05, 3.63) is 65.7 Å². The number of rotatable bonds is 13.